The zero-order chi connectivity index (χ0) is 27.1. The summed E-state index contributed by atoms with van der Waals surface area (Å²) in [4.78, 5) is -2.37. The fraction of sp³-hybridized carbons (Fsp3) is 0.500. The van der Waals surface area contributed by atoms with Crippen LogP contribution in [0, 0.1) is 0 Å². The molecule has 1 aromatic rings. The van der Waals surface area contributed by atoms with E-state index in [1.807, 2.05) is 0 Å². The number of sulfonamides is 2. The van der Waals surface area contributed by atoms with Crippen molar-refractivity contribution < 1.29 is 79.0 Å². The summed E-state index contributed by atoms with van der Waals surface area (Å²) in [5.74, 6) is 0. The van der Waals surface area contributed by atoms with Crippen LogP contribution in [-0.4, -0.2) is 46.4 Å². The highest BCUT2D eigenvalue weighted by Gasteiger charge is 2.81. The van der Waals surface area contributed by atoms with E-state index in [1.54, 1.807) is 0 Å². The Kier molecular flexibility index (Phi) is 8.54. The molecule has 0 aliphatic carbocycles. The minimum absolute atomic E-state index is 0.445. The summed E-state index contributed by atoms with van der Waals surface area (Å²) in [5.41, 5.74) is -4.84. The lowest BCUT2D eigenvalue weighted by molar-refractivity contribution is -0.306. The highest BCUT2D eigenvalue weighted by atomic mass is 32.3. The normalized spacial score (nSPS) is 14.5. The first-order chi connectivity index (χ1) is 14.3. The van der Waals surface area contributed by atoms with E-state index >= 15 is 0 Å². The molecular formula is C12H8F13NO5S2. The first-order valence-corrected chi connectivity index (χ1v) is 10.1. The number of alkyl halides is 13. The van der Waals surface area contributed by atoms with Crippen LogP contribution in [0.3, 0.4) is 0 Å². The third-order valence-electron chi connectivity index (χ3n) is 3.19. The Hall–Kier alpha value is -1.87. The number of nitrogens with one attached hydrogen (secondary N) is 1. The Morgan fingerprint density at radius 1 is 0.636 bits per heavy atom. The third-order valence-corrected chi connectivity index (χ3v) is 7.01. The van der Waals surface area contributed by atoms with Crippen LogP contribution in [0.15, 0.2) is 23.1 Å². The zero-order valence-corrected chi connectivity index (χ0v) is 16.7. The SMILES string of the molecule is CO.O=S(=O)(NS(=O)(=O)C(F)(C(F)(F)F)C(F)(F)F)c1cc(C(F)(F)F)cc(C(F)(F)F)c1. The van der Waals surface area contributed by atoms with Crippen molar-refractivity contribution in [1.82, 2.24) is 4.13 Å². The molecule has 194 valence electrons. The monoisotopic (exact) mass is 557 g/mol. The molecule has 0 bridgehead atoms. The predicted molar refractivity (Wildman–Crippen MR) is 79.8 cm³/mol. The number of benzene rings is 1. The molecule has 0 saturated heterocycles. The van der Waals surface area contributed by atoms with Crippen LogP contribution in [0.5, 0.6) is 0 Å². The maximum absolute atomic E-state index is 13.6. The molecule has 0 aliphatic heterocycles. The molecular weight excluding hydrogens is 549 g/mol. The van der Waals surface area contributed by atoms with E-state index in [4.69, 9.17) is 5.11 Å². The second-order valence-corrected chi connectivity index (χ2v) is 9.14. The van der Waals surface area contributed by atoms with E-state index in [9.17, 15) is 73.9 Å². The summed E-state index contributed by atoms with van der Waals surface area (Å²) < 4.78 is 211. The molecule has 0 aromatic heterocycles. The minimum atomic E-state index is -7.76. The summed E-state index contributed by atoms with van der Waals surface area (Å²) in [6, 6.07) is -2.14. The van der Waals surface area contributed by atoms with Gasteiger partial charge in [-0.15, -0.1) is 4.13 Å². The van der Waals surface area contributed by atoms with Crippen molar-refractivity contribution in [2.45, 2.75) is 34.6 Å². The van der Waals surface area contributed by atoms with Gasteiger partial charge in [0.1, 0.15) is 0 Å². The smallest absolute Gasteiger partial charge is 0.400 e. The number of aliphatic hydroxyl groups excluding tert-OH is 1. The molecule has 0 fully saturated rings. The fourth-order valence-electron chi connectivity index (χ4n) is 1.80. The van der Waals surface area contributed by atoms with E-state index in [0.717, 1.165) is 7.11 Å². The second kappa shape index (κ2) is 9.06. The molecule has 0 saturated carbocycles. The van der Waals surface area contributed by atoms with Gasteiger partial charge in [-0.3, -0.25) is 0 Å². The standard InChI is InChI=1S/C11H4F13NO4S2.CH4O/c12-7(13,14)4-1-5(8(15,16)17)3-6(2-4)30(26,27)25-31(28,29)9(18,10(19,20)21)11(22,23)24;1-2/h1-3,25H;2H,1H3. The van der Waals surface area contributed by atoms with Gasteiger partial charge in [0.2, 0.25) is 0 Å². The summed E-state index contributed by atoms with van der Waals surface area (Å²) in [7, 11) is -13.3. The molecule has 33 heavy (non-hydrogen) atoms. The molecule has 0 atom stereocenters. The van der Waals surface area contributed by atoms with Gasteiger partial charge in [-0.1, -0.05) is 0 Å². The second-order valence-electron chi connectivity index (χ2n) is 5.42. The summed E-state index contributed by atoms with van der Waals surface area (Å²) in [5, 5.41) is -0.297. The molecule has 1 rings (SSSR count). The molecule has 1 aromatic carbocycles. The average Bonchev–Trinajstić information content (AvgIpc) is 2.58. The highest BCUT2D eigenvalue weighted by molar-refractivity contribution is 8.05. The maximum atomic E-state index is 13.6. The highest BCUT2D eigenvalue weighted by Crippen LogP contribution is 2.49. The Labute approximate surface area is 175 Å². The molecule has 21 heteroatoms. The first-order valence-electron chi connectivity index (χ1n) is 7.12. The molecule has 0 unspecified atom stereocenters. The molecule has 0 radical (unpaired) electrons. The van der Waals surface area contributed by atoms with Crippen molar-refractivity contribution in [2.75, 3.05) is 7.11 Å². The van der Waals surface area contributed by atoms with Gasteiger partial charge < -0.3 is 5.11 Å². The number of rotatable bonds is 4. The lowest BCUT2D eigenvalue weighted by Crippen LogP contribution is -2.62. The van der Waals surface area contributed by atoms with Gasteiger partial charge >= 0.3 is 29.7 Å². The Balaban J connectivity index is 0.00000497. The summed E-state index contributed by atoms with van der Waals surface area (Å²) >= 11 is 0. The molecule has 6 nitrogen and oxygen atoms in total. The van der Waals surface area contributed by atoms with Gasteiger partial charge in [-0.25, -0.2) is 21.2 Å². The molecule has 0 amide bonds. The largest absolute Gasteiger partial charge is 0.448 e. The maximum Gasteiger partial charge on any atom is 0.448 e. The summed E-state index contributed by atoms with van der Waals surface area (Å²) in [6.45, 7) is 0. The van der Waals surface area contributed by atoms with E-state index in [1.165, 1.54) is 0 Å². The van der Waals surface area contributed by atoms with Gasteiger partial charge in [0, 0.05) is 7.11 Å². The first kappa shape index (κ1) is 31.1. The minimum Gasteiger partial charge on any atom is -0.400 e. The van der Waals surface area contributed by atoms with Crippen LogP contribution < -0.4 is 4.13 Å². The zero-order valence-electron chi connectivity index (χ0n) is 15.0. The van der Waals surface area contributed by atoms with Crippen molar-refractivity contribution in [2.24, 2.45) is 0 Å². The average molecular weight is 557 g/mol. The van der Waals surface area contributed by atoms with Gasteiger partial charge in [0.25, 0.3) is 20.0 Å². The van der Waals surface area contributed by atoms with Crippen LogP contribution in [-0.2, 0) is 32.4 Å². The van der Waals surface area contributed by atoms with Gasteiger partial charge in [-0.2, -0.15) is 52.7 Å². The predicted octanol–water partition coefficient (Wildman–Crippen LogP) is 3.73. The van der Waals surface area contributed by atoms with Crippen LogP contribution in [0.4, 0.5) is 57.1 Å². The fourth-order valence-corrected chi connectivity index (χ4v) is 4.97. The van der Waals surface area contributed by atoms with Crippen LogP contribution in [0.1, 0.15) is 11.1 Å². The van der Waals surface area contributed by atoms with Crippen molar-refractivity contribution in [3.8, 4) is 0 Å². The number of hydrogen-bond acceptors (Lipinski definition) is 5. The van der Waals surface area contributed by atoms with Gasteiger partial charge in [0.05, 0.1) is 16.0 Å². The molecule has 2 N–H and O–H groups in total. The number of hydrogen-bond donors (Lipinski definition) is 2. The molecule has 0 heterocycles. The van der Waals surface area contributed by atoms with Gasteiger partial charge in [-0.05, 0) is 18.2 Å². The van der Waals surface area contributed by atoms with Crippen LogP contribution >= 0.6 is 0 Å². The Morgan fingerprint density at radius 3 is 1.18 bits per heavy atom. The molecule has 0 spiro atoms. The lowest BCUT2D eigenvalue weighted by Gasteiger charge is -2.29. The Bertz CT molecular complexity index is 1010. The number of aliphatic hydroxyl groups is 1. The van der Waals surface area contributed by atoms with Crippen molar-refractivity contribution in [3.05, 3.63) is 29.3 Å². The van der Waals surface area contributed by atoms with E-state index < -0.39 is 88.1 Å². The molecule has 0 aliphatic rings. The van der Waals surface area contributed by atoms with E-state index in [0.29, 0.717) is 0 Å². The van der Waals surface area contributed by atoms with E-state index in [2.05, 4.69) is 0 Å². The topological polar surface area (TPSA) is 101 Å². The van der Waals surface area contributed by atoms with Crippen molar-refractivity contribution in [3.63, 3.8) is 0 Å². The number of halogens is 13. The van der Waals surface area contributed by atoms with Crippen LogP contribution in [0.25, 0.3) is 0 Å². The third kappa shape index (κ3) is 6.38. The lowest BCUT2D eigenvalue weighted by atomic mass is 10.1. The Morgan fingerprint density at radius 2 is 0.939 bits per heavy atom. The van der Waals surface area contributed by atoms with Crippen LogP contribution in [0.2, 0.25) is 0 Å². The van der Waals surface area contributed by atoms with Gasteiger partial charge in [0.15, 0.2) is 0 Å². The quantitative estimate of drug-likeness (QED) is 0.550. The summed E-state index contributed by atoms with van der Waals surface area (Å²) in [6.07, 6.45) is -26.2. The van der Waals surface area contributed by atoms with E-state index in [-0.39, 0.29) is 0 Å². The van der Waals surface area contributed by atoms with Crippen molar-refractivity contribution >= 4 is 20.0 Å². The van der Waals surface area contributed by atoms with Crippen molar-refractivity contribution in [1.29, 1.82) is 0 Å².